The molecule has 0 heterocycles. The smallest absolute Gasteiger partial charge is 0.118 e. The topological polar surface area (TPSA) is 60.7 Å². The highest BCUT2D eigenvalue weighted by Crippen LogP contribution is 2.40. The second-order valence-corrected chi connectivity index (χ2v) is 9.35. The van der Waals surface area contributed by atoms with Crippen LogP contribution < -0.4 is 0 Å². The van der Waals surface area contributed by atoms with E-state index in [2.05, 4.69) is 0 Å². The molecule has 3 aromatic rings. The number of para-hydroxylation sites is 3. The van der Waals surface area contributed by atoms with Gasteiger partial charge in [-0.15, -0.1) is 0 Å². The van der Waals surface area contributed by atoms with Crippen LogP contribution in [0.3, 0.4) is 0 Å². The monoisotopic (exact) mass is 364 g/mol. The number of phenolic OH excluding ortho intramolecular Hbond substituents is 3. The predicted octanol–water partition coefficient (Wildman–Crippen LogP) is 3.36. The lowest BCUT2D eigenvalue weighted by Crippen LogP contribution is -2.22. The summed E-state index contributed by atoms with van der Waals surface area (Å²) in [5, 5.41) is 30.5. The molecule has 4 heteroatoms. The van der Waals surface area contributed by atoms with E-state index in [9.17, 15) is 15.3 Å². The second-order valence-electron chi connectivity index (χ2n) is 7.23. The van der Waals surface area contributed by atoms with Crippen molar-refractivity contribution in [3.05, 3.63) is 89.5 Å². The zero-order valence-electron chi connectivity index (χ0n) is 14.9. The molecule has 0 atom stereocenters. The van der Waals surface area contributed by atoms with Crippen molar-refractivity contribution < 1.29 is 15.3 Å². The fourth-order valence-electron chi connectivity index (χ4n) is 3.55. The summed E-state index contributed by atoms with van der Waals surface area (Å²) in [7, 11) is 0.833. The third-order valence-electron chi connectivity index (χ3n) is 4.83. The maximum absolute atomic E-state index is 10.2. The Balaban J connectivity index is 1.96. The van der Waals surface area contributed by atoms with Gasteiger partial charge in [0, 0.05) is 10.2 Å². The van der Waals surface area contributed by atoms with Gasteiger partial charge in [0.2, 0.25) is 0 Å². The molecule has 0 saturated carbocycles. The Hall–Kier alpha value is -2.72. The Morgan fingerprint density at radius 3 is 1.08 bits per heavy atom. The summed E-state index contributed by atoms with van der Waals surface area (Å²) >= 11 is 0. The zero-order valence-corrected chi connectivity index (χ0v) is 16.9. The molecule has 3 N–H and O–H groups in total. The summed E-state index contributed by atoms with van der Waals surface area (Å²) in [4.78, 5) is 0. The molecule has 3 nitrogen and oxygen atoms in total. The SMILES string of the molecule is Oc1ccccc1CC([SiH3])(Cc1ccccc1O)Cc1ccccc1O. The fraction of sp³-hybridized carbons (Fsp3) is 0.182. The fourth-order valence-corrected chi connectivity index (χ4v) is 4.69. The van der Waals surface area contributed by atoms with Crippen LogP contribution in [0, 0.1) is 0 Å². The van der Waals surface area contributed by atoms with E-state index >= 15 is 0 Å². The number of hydrogen-bond acceptors (Lipinski definition) is 3. The molecule has 0 aliphatic heterocycles. The second kappa shape index (κ2) is 7.66. The Kier molecular flexibility index (Phi) is 5.33. The van der Waals surface area contributed by atoms with Crippen molar-refractivity contribution in [2.45, 2.75) is 24.3 Å². The van der Waals surface area contributed by atoms with Gasteiger partial charge in [-0.1, -0.05) is 54.6 Å². The lowest BCUT2D eigenvalue weighted by molar-refractivity contribution is 0.437. The summed E-state index contributed by atoms with van der Waals surface area (Å²) in [6.07, 6.45) is 2.07. The van der Waals surface area contributed by atoms with Crippen molar-refractivity contribution in [1.82, 2.24) is 0 Å². The molecule has 0 amide bonds. The first-order valence-corrected chi connectivity index (χ1v) is 9.77. The van der Waals surface area contributed by atoms with E-state index in [1.165, 1.54) is 0 Å². The summed E-state index contributed by atoms with van der Waals surface area (Å²) < 4.78 is 0. The van der Waals surface area contributed by atoms with Crippen LogP contribution in [-0.4, -0.2) is 25.6 Å². The molecule has 0 saturated heterocycles. The van der Waals surface area contributed by atoms with Crippen molar-refractivity contribution in [1.29, 1.82) is 0 Å². The highest BCUT2D eigenvalue weighted by Gasteiger charge is 2.28. The van der Waals surface area contributed by atoms with E-state index in [1.807, 2.05) is 54.6 Å². The highest BCUT2D eigenvalue weighted by molar-refractivity contribution is 6.15. The summed E-state index contributed by atoms with van der Waals surface area (Å²) in [6.45, 7) is 0. The maximum atomic E-state index is 10.2. The highest BCUT2D eigenvalue weighted by atomic mass is 28.1. The van der Waals surface area contributed by atoms with Crippen LogP contribution >= 0.6 is 0 Å². The van der Waals surface area contributed by atoms with Crippen LogP contribution in [0.5, 0.6) is 17.2 Å². The molecule has 3 rings (SSSR count). The summed E-state index contributed by atoms with van der Waals surface area (Å²) in [6, 6.07) is 22.2. The van der Waals surface area contributed by atoms with Crippen LogP contribution in [-0.2, 0) is 19.3 Å². The van der Waals surface area contributed by atoms with Crippen molar-refractivity contribution in [2.24, 2.45) is 0 Å². The molecule has 0 aromatic heterocycles. The zero-order chi connectivity index (χ0) is 18.6. The normalized spacial score (nSPS) is 11.5. The molecule has 0 aliphatic rings. The number of rotatable bonds is 6. The Labute approximate surface area is 157 Å². The minimum absolute atomic E-state index is 0.156. The van der Waals surface area contributed by atoms with Gasteiger partial charge < -0.3 is 15.3 Å². The van der Waals surface area contributed by atoms with E-state index in [0.29, 0.717) is 36.5 Å². The molecule has 3 aromatic carbocycles. The Morgan fingerprint density at radius 2 is 0.808 bits per heavy atom. The lowest BCUT2D eigenvalue weighted by atomic mass is 9.85. The van der Waals surface area contributed by atoms with Crippen LogP contribution in [0.15, 0.2) is 72.8 Å². The van der Waals surface area contributed by atoms with Crippen LogP contribution in [0.1, 0.15) is 16.7 Å². The molecule has 0 bridgehead atoms. The average molecular weight is 365 g/mol. The van der Waals surface area contributed by atoms with Gasteiger partial charge >= 0.3 is 0 Å². The predicted molar refractivity (Wildman–Crippen MR) is 108 cm³/mol. The first-order chi connectivity index (χ1) is 12.5. The van der Waals surface area contributed by atoms with Gasteiger partial charge in [-0.2, -0.15) is 0 Å². The van der Waals surface area contributed by atoms with Gasteiger partial charge in [0.25, 0.3) is 0 Å². The standard InChI is InChI=1S/C22H24O3Si/c23-19-10-4-1-7-16(19)13-22(26,14-17-8-2-5-11-20(17)24)15-18-9-3-6-12-21(18)25/h1-12,23-25H,13-15H2,26H3. The molecular weight excluding hydrogens is 340 g/mol. The van der Waals surface area contributed by atoms with Gasteiger partial charge in [0.1, 0.15) is 17.2 Å². The molecular formula is C22H24O3Si. The first-order valence-electron chi connectivity index (χ1n) is 8.77. The number of phenols is 3. The lowest BCUT2D eigenvalue weighted by Gasteiger charge is -2.31. The van der Waals surface area contributed by atoms with Crippen LogP contribution in [0.25, 0.3) is 0 Å². The number of aromatic hydroxyl groups is 3. The molecule has 0 unspecified atom stereocenters. The summed E-state index contributed by atoms with van der Waals surface area (Å²) in [5.41, 5.74) is 2.69. The van der Waals surface area contributed by atoms with Crippen molar-refractivity contribution in [3.63, 3.8) is 0 Å². The van der Waals surface area contributed by atoms with Gasteiger partial charge in [0.15, 0.2) is 0 Å². The minimum Gasteiger partial charge on any atom is -0.508 e. The summed E-state index contributed by atoms with van der Waals surface area (Å²) in [5.74, 6) is 0.881. The largest absolute Gasteiger partial charge is 0.508 e. The van der Waals surface area contributed by atoms with E-state index < -0.39 is 0 Å². The van der Waals surface area contributed by atoms with Crippen molar-refractivity contribution in [2.75, 3.05) is 0 Å². The third kappa shape index (κ3) is 4.27. The first kappa shape index (κ1) is 18.1. The van der Waals surface area contributed by atoms with E-state index in [0.717, 1.165) is 26.9 Å². The molecule has 0 radical (unpaired) electrons. The average Bonchev–Trinajstić information content (AvgIpc) is 2.61. The van der Waals surface area contributed by atoms with Gasteiger partial charge in [0.05, 0.1) is 0 Å². The molecule has 0 fully saturated rings. The Morgan fingerprint density at radius 1 is 0.538 bits per heavy atom. The Bertz CT molecular complexity index is 776. The van der Waals surface area contributed by atoms with Gasteiger partial charge in [-0.05, 0) is 59.2 Å². The van der Waals surface area contributed by atoms with Gasteiger partial charge in [-0.25, -0.2) is 0 Å². The third-order valence-corrected chi connectivity index (χ3v) is 5.89. The quantitative estimate of drug-likeness (QED) is 0.588. The van der Waals surface area contributed by atoms with Crippen LogP contribution in [0.4, 0.5) is 0 Å². The number of hydrogen-bond donors (Lipinski definition) is 3. The molecule has 134 valence electrons. The van der Waals surface area contributed by atoms with E-state index in [4.69, 9.17) is 0 Å². The van der Waals surface area contributed by atoms with E-state index in [-0.39, 0.29) is 5.04 Å². The van der Waals surface area contributed by atoms with Crippen molar-refractivity contribution >= 4 is 10.2 Å². The maximum Gasteiger partial charge on any atom is 0.118 e. The van der Waals surface area contributed by atoms with Crippen molar-refractivity contribution in [3.8, 4) is 17.2 Å². The molecule has 0 aliphatic carbocycles. The minimum atomic E-state index is -0.156. The molecule has 0 spiro atoms. The van der Waals surface area contributed by atoms with Gasteiger partial charge in [-0.3, -0.25) is 0 Å². The molecule has 26 heavy (non-hydrogen) atoms. The van der Waals surface area contributed by atoms with E-state index in [1.54, 1.807) is 18.2 Å². The number of benzene rings is 3. The van der Waals surface area contributed by atoms with Crippen LogP contribution in [0.2, 0.25) is 5.04 Å².